The first-order valence-corrected chi connectivity index (χ1v) is 6.04. The van der Waals surface area contributed by atoms with Gasteiger partial charge >= 0.3 is 5.97 Å². The van der Waals surface area contributed by atoms with Gasteiger partial charge in [-0.2, -0.15) is 0 Å². The van der Waals surface area contributed by atoms with Crippen molar-refractivity contribution in [2.24, 2.45) is 5.92 Å². The van der Waals surface area contributed by atoms with Crippen molar-refractivity contribution < 1.29 is 9.53 Å². The lowest BCUT2D eigenvalue weighted by atomic mass is 10.2. The summed E-state index contributed by atoms with van der Waals surface area (Å²) >= 11 is 6.91. The maximum absolute atomic E-state index is 10.6. The lowest BCUT2D eigenvalue weighted by Gasteiger charge is -2.04. The van der Waals surface area contributed by atoms with E-state index in [1.807, 2.05) is 0 Å². The van der Waals surface area contributed by atoms with Crippen molar-refractivity contribution in [2.45, 2.75) is 30.7 Å². The van der Waals surface area contributed by atoms with Gasteiger partial charge in [0.25, 0.3) is 0 Å². The van der Waals surface area contributed by atoms with E-state index in [9.17, 15) is 4.79 Å². The number of hydrogen-bond acceptors (Lipinski definition) is 2. The normalized spacial score (nSPS) is 29.6. The Morgan fingerprint density at radius 1 is 1.75 bits per heavy atom. The molecule has 4 heteroatoms. The van der Waals surface area contributed by atoms with Crippen LogP contribution in [-0.2, 0) is 9.53 Å². The number of carbonyl (C=O) groups is 1. The van der Waals surface area contributed by atoms with Crippen LogP contribution in [0, 0.1) is 5.92 Å². The zero-order chi connectivity index (χ0) is 9.14. The standard InChI is InChI=1S/C8H12Br2O2/c1-5(11)12-8-3-6(8)2-7(10)4-9/h6-8H,2-4H2,1H3/t6-,7?,8-/m1/s1. The summed E-state index contributed by atoms with van der Waals surface area (Å²) in [6, 6.07) is 0. The van der Waals surface area contributed by atoms with E-state index in [2.05, 4.69) is 31.9 Å². The fourth-order valence-electron chi connectivity index (χ4n) is 1.22. The molecule has 0 N–H and O–H groups in total. The number of halogens is 2. The summed E-state index contributed by atoms with van der Waals surface area (Å²) in [6.45, 7) is 1.46. The highest BCUT2D eigenvalue weighted by atomic mass is 79.9. The van der Waals surface area contributed by atoms with Crippen molar-refractivity contribution in [3.8, 4) is 0 Å². The van der Waals surface area contributed by atoms with Gasteiger partial charge < -0.3 is 4.74 Å². The average Bonchev–Trinajstić information content (AvgIpc) is 2.66. The summed E-state index contributed by atoms with van der Waals surface area (Å²) < 4.78 is 5.04. The van der Waals surface area contributed by atoms with Crippen molar-refractivity contribution in [2.75, 3.05) is 5.33 Å². The summed E-state index contributed by atoms with van der Waals surface area (Å²) in [7, 11) is 0. The Labute approximate surface area is 89.3 Å². The van der Waals surface area contributed by atoms with Crippen molar-refractivity contribution in [3.05, 3.63) is 0 Å². The third-order valence-corrected chi connectivity index (χ3v) is 4.25. The Hall–Kier alpha value is 0.430. The highest BCUT2D eigenvalue weighted by Crippen LogP contribution is 2.39. The van der Waals surface area contributed by atoms with Crippen LogP contribution in [0.3, 0.4) is 0 Å². The summed E-state index contributed by atoms with van der Waals surface area (Å²) in [5, 5.41) is 0.955. The van der Waals surface area contributed by atoms with Crippen molar-refractivity contribution in [1.29, 1.82) is 0 Å². The van der Waals surface area contributed by atoms with Crippen LogP contribution in [0.15, 0.2) is 0 Å². The molecule has 70 valence electrons. The van der Waals surface area contributed by atoms with Crippen LogP contribution in [0.4, 0.5) is 0 Å². The Bertz CT molecular complexity index is 172. The molecule has 1 rings (SSSR count). The summed E-state index contributed by atoms with van der Waals surface area (Å²) in [4.78, 5) is 11.1. The van der Waals surface area contributed by atoms with E-state index in [-0.39, 0.29) is 12.1 Å². The predicted octanol–water partition coefficient (Wildman–Crippen LogP) is 2.49. The SMILES string of the molecule is CC(=O)O[C@@H]1C[C@H]1CC(Br)CBr. The van der Waals surface area contributed by atoms with Crippen LogP contribution in [0.2, 0.25) is 0 Å². The molecule has 1 aliphatic rings. The van der Waals surface area contributed by atoms with Crippen LogP contribution in [0.5, 0.6) is 0 Å². The Kier molecular flexibility index (Phi) is 4.03. The van der Waals surface area contributed by atoms with Crippen molar-refractivity contribution in [3.63, 3.8) is 0 Å². The second-order valence-electron chi connectivity index (χ2n) is 3.13. The minimum atomic E-state index is -0.160. The van der Waals surface area contributed by atoms with Crippen molar-refractivity contribution in [1.82, 2.24) is 0 Å². The van der Waals surface area contributed by atoms with Gasteiger partial charge in [0.15, 0.2) is 0 Å². The quantitative estimate of drug-likeness (QED) is 0.589. The Balaban J connectivity index is 2.11. The molecule has 0 aliphatic heterocycles. The molecule has 1 aliphatic carbocycles. The minimum absolute atomic E-state index is 0.160. The largest absolute Gasteiger partial charge is 0.462 e. The second kappa shape index (κ2) is 4.61. The van der Waals surface area contributed by atoms with E-state index in [0.717, 1.165) is 18.2 Å². The molecule has 0 amide bonds. The van der Waals surface area contributed by atoms with E-state index in [1.54, 1.807) is 0 Å². The maximum Gasteiger partial charge on any atom is 0.302 e. The molecule has 0 bridgehead atoms. The number of hydrogen-bond donors (Lipinski definition) is 0. The first-order valence-electron chi connectivity index (χ1n) is 4.00. The van der Waals surface area contributed by atoms with Gasteiger partial charge in [0.2, 0.25) is 0 Å². The maximum atomic E-state index is 10.6. The predicted molar refractivity (Wildman–Crippen MR) is 54.8 cm³/mol. The fraction of sp³-hybridized carbons (Fsp3) is 0.875. The molecule has 0 aromatic rings. The number of alkyl halides is 2. The van der Waals surface area contributed by atoms with E-state index in [0.29, 0.717) is 10.7 Å². The van der Waals surface area contributed by atoms with E-state index < -0.39 is 0 Å². The van der Waals surface area contributed by atoms with Crippen LogP contribution in [-0.4, -0.2) is 22.2 Å². The third kappa shape index (κ3) is 3.44. The monoisotopic (exact) mass is 298 g/mol. The molecule has 0 aromatic carbocycles. The van der Waals surface area contributed by atoms with E-state index in [4.69, 9.17) is 4.74 Å². The molecular formula is C8H12Br2O2. The number of carbonyl (C=O) groups excluding carboxylic acids is 1. The van der Waals surface area contributed by atoms with Crippen LogP contribution < -0.4 is 0 Å². The molecule has 0 aromatic heterocycles. The molecule has 0 spiro atoms. The van der Waals surface area contributed by atoms with Crippen molar-refractivity contribution >= 4 is 37.8 Å². The van der Waals surface area contributed by atoms with Gasteiger partial charge in [0, 0.05) is 23.0 Å². The minimum Gasteiger partial charge on any atom is -0.462 e. The number of rotatable bonds is 4. The lowest BCUT2D eigenvalue weighted by Crippen LogP contribution is -2.06. The van der Waals surface area contributed by atoms with Gasteiger partial charge in [-0.05, 0) is 12.8 Å². The van der Waals surface area contributed by atoms with Crippen LogP contribution in [0.25, 0.3) is 0 Å². The van der Waals surface area contributed by atoms with Gasteiger partial charge in [-0.15, -0.1) is 0 Å². The van der Waals surface area contributed by atoms with Gasteiger partial charge in [-0.1, -0.05) is 31.9 Å². The zero-order valence-corrected chi connectivity index (χ0v) is 10.1. The molecular weight excluding hydrogens is 288 g/mol. The summed E-state index contributed by atoms with van der Waals surface area (Å²) in [5.41, 5.74) is 0. The van der Waals surface area contributed by atoms with E-state index in [1.165, 1.54) is 6.92 Å². The van der Waals surface area contributed by atoms with Gasteiger partial charge in [0.05, 0.1) is 0 Å². The third-order valence-electron chi connectivity index (χ3n) is 1.90. The molecule has 0 saturated heterocycles. The molecule has 1 fully saturated rings. The Morgan fingerprint density at radius 3 is 2.92 bits per heavy atom. The molecule has 3 atom stereocenters. The zero-order valence-electron chi connectivity index (χ0n) is 6.93. The first-order chi connectivity index (χ1) is 5.63. The molecule has 12 heavy (non-hydrogen) atoms. The molecule has 0 heterocycles. The molecule has 1 unspecified atom stereocenters. The summed E-state index contributed by atoms with van der Waals surface area (Å²) in [6.07, 6.45) is 2.32. The lowest BCUT2D eigenvalue weighted by molar-refractivity contribution is -0.142. The molecule has 0 radical (unpaired) electrons. The van der Waals surface area contributed by atoms with Gasteiger partial charge in [-0.25, -0.2) is 0 Å². The fourth-order valence-corrected chi connectivity index (χ4v) is 1.96. The number of esters is 1. The average molecular weight is 300 g/mol. The number of ether oxygens (including phenoxy) is 1. The second-order valence-corrected chi connectivity index (χ2v) is 5.07. The Morgan fingerprint density at radius 2 is 2.42 bits per heavy atom. The van der Waals surface area contributed by atoms with E-state index >= 15 is 0 Å². The first kappa shape index (κ1) is 10.5. The smallest absolute Gasteiger partial charge is 0.302 e. The van der Waals surface area contributed by atoms with Crippen LogP contribution >= 0.6 is 31.9 Å². The van der Waals surface area contributed by atoms with Gasteiger partial charge in [-0.3, -0.25) is 4.79 Å². The summed E-state index contributed by atoms with van der Waals surface area (Å²) in [5.74, 6) is 0.420. The topological polar surface area (TPSA) is 26.3 Å². The van der Waals surface area contributed by atoms with Gasteiger partial charge in [0.1, 0.15) is 6.10 Å². The highest BCUT2D eigenvalue weighted by Gasteiger charge is 2.40. The molecule has 1 saturated carbocycles. The molecule has 2 nitrogen and oxygen atoms in total. The highest BCUT2D eigenvalue weighted by molar-refractivity contribution is 9.12. The van der Waals surface area contributed by atoms with Crippen LogP contribution in [0.1, 0.15) is 19.8 Å².